The molecular weight excluding hydrogens is 274 g/mol. The summed E-state index contributed by atoms with van der Waals surface area (Å²) in [6.07, 6.45) is 5.12. The van der Waals surface area contributed by atoms with Crippen molar-refractivity contribution in [3.63, 3.8) is 0 Å². The normalized spacial score (nSPS) is 25.3. The molecule has 116 valence electrons. The lowest BCUT2D eigenvalue weighted by molar-refractivity contribution is -0.146. The Bertz CT molecular complexity index is 478. The summed E-state index contributed by atoms with van der Waals surface area (Å²) >= 11 is 0. The van der Waals surface area contributed by atoms with Gasteiger partial charge in [-0.05, 0) is 31.6 Å². The molecule has 0 radical (unpaired) electrons. The van der Waals surface area contributed by atoms with Crippen LogP contribution in [0.1, 0.15) is 44.8 Å². The van der Waals surface area contributed by atoms with Crippen molar-refractivity contribution in [3.05, 3.63) is 18.0 Å². The molecule has 0 bridgehead atoms. The highest BCUT2D eigenvalue weighted by molar-refractivity contribution is 5.86. The molecular formula is C14H21N3O4. The van der Waals surface area contributed by atoms with E-state index < -0.39 is 17.5 Å². The van der Waals surface area contributed by atoms with Crippen molar-refractivity contribution in [2.75, 3.05) is 0 Å². The zero-order valence-electron chi connectivity index (χ0n) is 12.1. The van der Waals surface area contributed by atoms with Crippen LogP contribution >= 0.6 is 0 Å². The Morgan fingerprint density at radius 2 is 2.19 bits per heavy atom. The van der Waals surface area contributed by atoms with E-state index in [9.17, 15) is 14.7 Å². The predicted octanol–water partition coefficient (Wildman–Crippen LogP) is 1.90. The van der Waals surface area contributed by atoms with Crippen LogP contribution in [0.3, 0.4) is 0 Å². The van der Waals surface area contributed by atoms with Crippen molar-refractivity contribution in [3.8, 4) is 0 Å². The molecule has 1 aromatic rings. The predicted molar refractivity (Wildman–Crippen MR) is 74.5 cm³/mol. The fourth-order valence-corrected chi connectivity index (χ4v) is 2.73. The fraction of sp³-hybridized carbons (Fsp3) is 0.643. The number of carboxylic acids is 1. The molecule has 7 nitrogen and oxygen atoms in total. The molecule has 2 amide bonds. The van der Waals surface area contributed by atoms with E-state index in [0.29, 0.717) is 24.5 Å². The lowest BCUT2D eigenvalue weighted by atomic mass is 9.75. The first-order valence-corrected chi connectivity index (χ1v) is 7.24. The van der Waals surface area contributed by atoms with Gasteiger partial charge in [-0.1, -0.05) is 18.5 Å². The first-order chi connectivity index (χ1) is 10.1. The van der Waals surface area contributed by atoms with Gasteiger partial charge in [-0.25, -0.2) is 9.59 Å². The second kappa shape index (κ2) is 6.60. The number of hydrogen-bond donors (Lipinski definition) is 3. The smallest absolute Gasteiger partial charge is 0.329 e. The Labute approximate surface area is 123 Å². The molecule has 1 heterocycles. The van der Waals surface area contributed by atoms with E-state index in [1.54, 1.807) is 6.07 Å². The van der Waals surface area contributed by atoms with Crippen LogP contribution in [0.4, 0.5) is 4.79 Å². The van der Waals surface area contributed by atoms with Crippen LogP contribution < -0.4 is 10.6 Å². The molecule has 0 unspecified atom stereocenters. The first kappa shape index (κ1) is 15.3. The van der Waals surface area contributed by atoms with E-state index in [1.165, 1.54) is 6.20 Å². The molecule has 1 aliphatic rings. The van der Waals surface area contributed by atoms with Crippen LogP contribution in [0, 0.1) is 5.92 Å². The molecule has 0 saturated heterocycles. The quantitative estimate of drug-likeness (QED) is 0.769. The van der Waals surface area contributed by atoms with Gasteiger partial charge in [-0.3, -0.25) is 0 Å². The lowest BCUT2D eigenvalue weighted by Gasteiger charge is -2.37. The highest BCUT2D eigenvalue weighted by Crippen LogP contribution is 2.33. The number of nitrogens with zero attached hydrogens (tertiary/aromatic N) is 1. The monoisotopic (exact) mass is 295 g/mol. The summed E-state index contributed by atoms with van der Waals surface area (Å²) in [6.45, 7) is 2.29. The van der Waals surface area contributed by atoms with Crippen LogP contribution in [-0.4, -0.2) is 27.8 Å². The number of carbonyl (C=O) groups is 2. The molecule has 1 fully saturated rings. The maximum Gasteiger partial charge on any atom is 0.329 e. The number of carbonyl (C=O) groups excluding carboxylic acids is 1. The van der Waals surface area contributed by atoms with Gasteiger partial charge in [0.1, 0.15) is 5.54 Å². The van der Waals surface area contributed by atoms with E-state index in [1.807, 2.05) is 0 Å². The average Bonchev–Trinajstić information content (AvgIpc) is 2.99. The number of aliphatic carboxylic acids is 1. The molecule has 2 rings (SSSR count). The van der Waals surface area contributed by atoms with Crippen LogP contribution in [0.5, 0.6) is 0 Å². The Morgan fingerprint density at radius 3 is 2.71 bits per heavy atom. The molecule has 0 atom stereocenters. The Hall–Kier alpha value is -2.05. The molecule has 0 aromatic carbocycles. The highest BCUT2D eigenvalue weighted by Gasteiger charge is 2.42. The van der Waals surface area contributed by atoms with Crippen LogP contribution in [-0.2, 0) is 11.3 Å². The molecule has 3 N–H and O–H groups in total. The van der Waals surface area contributed by atoms with Crippen LogP contribution in [0.15, 0.2) is 16.8 Å². The van der Waals surface area contributed by atoms with Crippen molar-refractivity contribution in [1.82, 2.24) is 15.8 Å². The van der Waals surface area contributed by atoms with Crippen molar-refractivity contribution < 1.29 is 19.2 Å². The standard InChI is InChI=1S/C14H21N3O4/c1-2-10-3-6-14(7-4-10,12(18)19)17-13(20)15-9-11-5-8-16-21-11/h5,8,10H,2-4,6-7,9H2,1H3,(H,18,19)(H2,15,17,20). The minimum Gasteiger partial charge on any atom is -0.480 e. The minimum atomic E-state index is -1.16. The lowest BCUT2D eigenvalue weighted by Crippen LogP contribution is -2.58. The van der Waals surface area contributed by atoms with E-state index in [4.69, 9.17) is 4.52 Å². The average molecular weight is 295 g/mol. The van der Waals surface area contributed by atoms with E-state index in [-0.39, 0.29) is 6.54 Å². The zero-order valence-corrected chi connectivity index (χ0v) is 12.1. The van der Waals surface area contributed by atoms with Gasteiger partial charge >= 0.3 is 12.0 Å². The van der Waals surface area contributed by atoms with Gasteiger partial charge in [0.15, 0.2) is 5.76 Å². The summed E-state index contributed by atoms with van der Waals surface area (Å²) in [4.78, 5) is 23.5. The summed E-state index contributed by atoms with van der Waals surface area (Å²) in [6, 6.07) is 1.14. The Kier molecular flexibility index (Phi) is 4.82. The minimum absolute atomic E-state index is 0.180. The van der Waals surface area contributed by atoms with Crippen molar-refractivity contribution in [2.24, 2.45) is 5.92 Å². The van der Waals surface area contributed by atoms with Crippen LogP contribution in [0.25, 0.3) is 0 Å². The summed E-state index contributed by atoms with van der Waals surface area (Å²) in [5.74, 6) is 0.104. The molecule has 7 heteroatoms. The van der Waals surface area contributed by atoms with Gasteiger partial charge in [0, 0.05) is 6.07 Å². The third kappa shape index (κ3) is 3.74. The summed E-state index contributed by atoms with van der Waals surface area (Å²) < 4.78 is 4.87. The van der Waals surface area contributed by atoms with Gasteiger partial charge < -0.3 is 20.3 Å². The Balaban J connectivity index is 1.90. The molecule has 21 heavy (non-hydrogen) atoms. The largest absolute Gasteiger partial charge is 0.480 e. The fourth-order valence-electron chi connectivity index (χ4n) is 2.73. The number of nitrogens with one attached hydrogen (secondary N) is 2. The van der Waals surface area contributed by atoms with Crippen LogP contribution in [0.2, 0.25) is 0 Å². The third-order valence-electron chi connectivity index (χ3n) is 4.21. The second-order valence-electron chi connectivity index (χ2n) is 5.53. The van der Waals surface area contributed by atoms with Gasteiger partial charge in [0.25, 0.3) is 0 Å². The summed E-state index contributed by atoms with van der Waals surface area (Å²) in [7, 11) is 0. The number of hydrogen-bond acceptors (Lipinski definition) is 4. The zero-order chi connectivity index (χ0) is 15.3. The number of urea groups is 1. The second-order valence-corrected chi connectivity index (χ2v) is 5.53. The molecule has 0 spiro atoms. The van der Waals surface area contributed by atoms with Gasteiger partial charge in [0.05, 0.1) is 12.7 Å². The number of amides is 2. The maximum atomic E-state index is 11.9. The first-order valence-electron chi connectivity index (χ1n) is 7.24. The van der Waals surface area contributed by atoms with Crippen molar-refractivity contribution in [2.45, 2.75) is 51.1 Å². The van der Waals surface area contributed by atoms with E-state index >= 15 is 0 Å². The summed E-state index contributed by atoms with van der Waals surface area (Å²) in [5.41, 5.74) is -1.16. The molecule has 1 aromatic heterocycles. The van der Waals surface area contributed by atoms with Crippen molar-refractivity contribution in [1.29, 1.82) is 0 Å². The number of aromatic nitrogens is 1. The number of carboxylic acid groups (broad SMARTS) is 1. The molecule has 1 aliphatic carbocycles. The number of rotatable bonds is 5. The van der Waals surface area contributed by atoms with Gasteiger partial charge in [-0.2, -0.15) is 0 Å². The maximum absolute atomic E-state index is 11.9. The Morgan fingerprint density at radius 1 is 1.48 bits per heavy atom. The molecule has 1 saturated carbocycles. The third-order valence-corrected chi connectivity index (χ3v) is 4.21. The summed E-state index contributed by atoms with van der Waals surface area (Å²) in [5, 5.41) is 18.2. The molecule has 0 aliphatic heterocycles. The van der Waals surface area contributed by atoms with Gasteiger partial charge in [-0.15, -0.1) is 0 Å². The van der Waals surface area contributed by atoms with E-state index in [0.717, 1.165) is 19.3 Å². The van der Waals surface area contributed by atoms with Crippen molar-refractivity contribution >= 4 is 12.0 Å². The van der Waals surface area contributed by atoms with Gasteiger partial charge in [0.2, 0.25) is 0 Å². The topological polar surface area (TPSA) is 104 Å². The van der Waals surface area contributed by atoms with E-state index in [2.05, 4.69) is 22.7 Å². The highest BCUT2D eigenvalue weighted by atomic mass is 16.5. The SMILES string of the molecule is CCC1CCC(NC(=O)NCc2ccno2)(C(=O)O)CC1.